The zero-order valence-electron chi connectivity index (χ0n) is 14.9. The largest absolute Gasteiger partial charge is 0.465 e. The van der Waals surface area contributed by atoms with E-state index in [-0.39, 0.29) is 21.5 Å². The van der Waals surface area contributed by atoms with E-state index in [0.717, 1.165) is 9.69 Å². The number of benzene rings is 3. The first-order valence-electron chi connectivity index (χ1n) is 8.45. The molecule has 0 fully saturated rings. The van der Waals surface area contributed by atoms with Gasteiger partial charge in [0.15, 0.2) is 0 Å². The molecule has 0 amide bonds. The summed E-state index contributed by atoms with van der Waals surface area (Å²) in [5, 5.41) is 1.74. The number of nitrogens with zero attached hydrogens (tertiary/aromatic N) is 1. The summed E-state index contributed by atoms with van der Waals surface area (Å²) < 4.78 is 32.9. The number of carbonyl (C=O) groups excluding carboxylic acids is 1. The molecule has 0 aliphatic heterocycles. The Hall–Kier alpha value is -2.28. The van der Waals surface area contributed by atoms with Gasteiger partial charge < -0.3 is 4.74 Å². The molecule has 0 aromatic heterocycles. The van der Waals surface area contributed by atoms with Crippen molar-refractivity contribution < 1.29 is 17.9 Å². The molecule has 28 heavy (non-hydrogen) atoms. The third kappa shape index (κ3) is 4.09. The molecule has 0 heterocycles. The van der Waals surface area contributed by atoms with Gasteiger partial charge in [0.1, 0.15) is 11.4 Å². The van der Waals surface area contributed by atoms with E-state index in [1.54, 1.807) is 31.2 Å². The zero-order chi connectivity index (χ0) is 20.3. The second kappa shape index (κ2) is 8.39. The van der Waals surface area contributed by atoms with Gasteiger partial charge in [0.25, 0.3) is 10.0 Å². The van der Waals surface area contributed by atoms with Crippen LogP contribution < -0.4 is 4.31 Å². The van der Waals surface area contributed by atoms with Crippen LogP contribution in [0.4, 0.5) is 5.69 Å². The predicted molar refractivity (Wildman–Crippen MR) is 112 cm³/mol. The minimum atomic E-state index is -4.20. The van der Waals surface area contributed by atoms with Crippen LogP contribution in [0.1, 0.15) is 6.92 Å². The number of hydrogen-bond donors (Lipinski definition) is 0. The normalized spacial score (nSPS) is 11.4. The molecule has 0 bridgehead atoms. The van der Waals surface area contributed by atoms with Crippen LogP contribution in [0.5, 0.6) is 0 Å². The lowest BCUT2D eigenvalue weighted by atomic mass is 10.1. The Labute approximate surface area is 173 Å². The Bertz CT molecular complexity index is 1130. The molecular weight excluding hydrogens is 421 g/mol. The van der Waals surface area contributed by atoms with E-state index >= 15 is 0 Å². The van der Waals surface area contributed by atoms with Gasteiger partial charge in [-0.2, -0.15) is 0 Å². The molecule has 0 N–H and O–H groups in total. The highest BCUT2D eigenvalue weighted by Gasteiger charge is 2.30. The Balaban J connectivity index is 2.22. The zero-order valence-corrected chi connectivity index (χ0v) is 17.3. The molecule has 0 aliphatic rings. The molecule has 146 valence electrons. The van der Waals surface area contributed by atoms with Crippen LogP contribution in [0.25, 0.3) is 10.8 Å². The van der Waals surface area contributed by atoms with Gasteiger partial charge in [0, 0.05) is 10.4 Å². The van der Waals surface area contributed by atoms with E-state index in [1.807, 2.05) is 18.2 Å². The van der Waals surface area contributed by atoms with Crippen LogP contribution in [0.15, 0.2) is 65.6 Å². The van der Waals surface area contributed by atoms with E-state index in [0.29, 0.717) is 11.1 Å². The van der Waals surface area contributed by atoms with Crippen molar-refractivity contribution in [2.24, 2.45) is 0 Å². The lowest BCUT2D eigenvalue weighted by molar-refractivity contribution is -0.141. The van der Waals surface area contributed by atoms with Gasteiger partial charge in [-0.15, -0.1) is 0 Å². The van der Waals surface area contributed by atoms with Gasteiger partial charge in [0.05, 0.1) is 17.3 Å². The minimum Gasteiger partial charge on any atom is -0.465 e. The van der Waals surface area contributed by atoms with Gasteiger partial charge in [0.2, 0.25) is 0 Å². The van der Waals surface area contributed by atoms with Crippen molar-refractivity contribution in [2.45, 2.75) is 11.8 Å². The van der Waals surface area contributed by atoms with Crippen molar-refractivity contribution in [3.8, 4) is 0 Å². The van der Waals surface area contributed by atoms with E-state index in [4.69, 9.17) is 27.9 Å². The number of halogens is 2. The molecule has 0 saturated heterocycles. The summed E-state index contributed by atoms with van der Waals surface area (Å²) in [6.07, 6.45) is 0. The first kappa shape index (κ1) is 20.5. The molecule has 5 nitrogen and oxygen atoms in total. The highest BCUT2D eigenvalue weighted by molar-refractivity contribution is 7.93. The van der Waals surface area contributed by atoms with Crippen LogP contribution >= 0.6 is 23.2 Å². The van der Waals surface area contributed by atoms with Crippen LogP contribution in [0.2, 0.25) is 10.0 Å². The third-order valence-corrected chi connectivity index (χ3v) is 6.55. The standard InChI is InChI=1S/C20H17Cl2NO4S/c1-2-27-20(24)13-23(18-9-5-7-14-6-3-4-8-16(14)18)28(25,26)19-12-15(21)10-11-17(19)22/h3-12H,2,13H2,1H3. The molecule has 0 spiro atoms. The quantitative estimate of drug-likeness (QED) is 0.514. The average Bonchev–Trinajstić information content (AvgIpc) is 2.67. The van der Waals surface area contributed by atoms with Gasteiger partial charge in [-0.3, -0.25) is 9.10 Å². The molecule has 0 atom stereocenters. The van der Waals surface area contributed by atoms with Crippen molar-refractivity contribution in [1.82, 2.24) is 0 Å². The van der Waals surface area contributed by atoms with Gasteiger partial charge in [-0.05, 0) is 36.6 Å². The fourth-order valence-electron chi connectivity index (χ4n) is 2.84. The van der Waals surface area contributed by atoms with Crippen molar-refractivity contribution >= 4 is 55.7 Å². The van der Waals surface area contributed by atoms with Crippen molar-refractivity contribution in [1.29, 1.82) is 0 Å². The van der Waals surface area contributed by atoms with Crippen LogP contribution in [0, 0.1) is 0 Å². The van der Waals surface area contributed by atoms with Gasteiger partial charge >= 0.3 is 5.97 Å². The van der Waals surface area contributed by atoms with Crippen LogP contribution in [-0.4, -0.2) is 27.5 Å². The van der Waals surface area contributed by atoms with Crippen LogP contribution in [-0.2, 0) is 19.6 Å². The molecular formula is C20H17Cl2NO4S. The number of fused-ring (bicyclic) bond motifs is 1. The van der Waals surface area contributed by atoms with E-state index in [1.165, 1.54) is 18.2 Å². The third-order valence-electron chi connectivity index (χ3n) is 4.07. The van der Waals surface area contributed by atoms with E-state index in [9.17, 15) is 13.2 Å². The molecule has 3 aromatic rings. The Morgan fingerprint density at radius 3 is 2.50 bits per heavy atom. The number of carbonyl (C=O) groups is 1. The molecule has 3 rings (SSSR count). The fraction of sp³-hybridized carbons (Fsp3) is 0.150. The smallest absolute Gasteiger partial charge is 0.326 e. The lowest BCUT2D eigenvalue weighted by Crippen LogP contribution is -2.37. The van der Waals surface area contributed by atoms with Crippen molar-refractivity contribution in [3.05, 3.63) is 70.7 Å². The second-order valence-corrected chi connectivity index (χ2v) is 8.56. The first-order chi connectivity index (χ1) is 13.3. The number of hydrogen-bond acceptors (Lipinski definition) is 4. The molecule has 0 saturated carbocycles. The Morgan fingerprint density at radius 2 is 1.75 bits per heavy atom. The monoisotopic (exact) mass is 437 g/mol. The summed E-state index contributed by atoms with van der Waals surface area (Å²) in [6.45, 7) is 1.30. The fourth-order valence-corrected chi connectivity index (χ4v) is 5.01. The maximum absolute atomic E-state index is 13.5. The summed E-state index contributed by atoms with van der Waals surface area (Å²) in [7, 11) is -4.20. The second-order valence-electron chi connectivity index (χ2n) is 5.89. The maximum atomic E-state index is 13.5. The topological polar surface area (TPSA) is 63.7 Å². The van der Waals surface area contributed by atoms with E-state index in [2.05, 4.69) is 0 Å². The summed E-state index contributed by atoms with van der Waals surface area (Å²) in [5.41, 5.74) is 0.349. The minimum absolute atomic E-state index is 0.0125. The maximum Gasteiger partial charge on any atom is 0.326 e. The molecule has 0 unspecified atom stereocenters. The number of ether oxygens (including phenoxy) is 1. The number of anilines is 1. The van der Waals surface area contributed by atoms with Crippen molar-refractivity contribution in [2.75, 3.05) is 17.5 Å². The Morgan fingerprint density at radius 1 is 1.04 bits per heavy atom. The SMILES string of the molecule is CCOC(=O)CN(c1cccc2ccccc12)S(=O)(=O)c1cc(Cl)ccc1Cl. The van der Waals surface area contributed by atoms with Crippen LogP contribution in [0.3, 0.4) is 0 Å². The number of rotatable bonds is 6. The average molecular weight is 438 g/mol. The lowest BCUT2D eigenvalue weighted by Gasteiger charge is -2.25. The van der Waals surface area contributed by atoms with Gasteiger partial charge in [-0.1, -0.05) is 59.6 Å². The molecule has 8 heteroatoms. The molecule has 0 aliphatic carbocycles. The summed E-state index contributed by atoms with van der Waals surface area (Å²) in [4.78, 5) is 12.0. The summed E-state index contributed by atoms with van der Waals surface area (Å²) in [5.74, 6) is -0.669. The predicted octanol–water partition coefficient (Wildman–Crippen LogP) is 4.91. The molecule has 0 radical (unpaired) electrons. The number of esters is 1. The Kier molecular flexibility index (Phi) is 6.13. The van der Waals surface area contributed by atoms with Crippen molar-refractivity contribution in [3.63, 3.8) is 0 Å². The first-order valence-corrected chi connectivity index (χ1v) is 10.7. The summed E-state index contributed by atoms with van der Waals surface area (Å²) in [6, 6.07) is 16.7. The molecule has 3 aromatic carbocycles. The van der Waals surface area contributed by atoms with E-state index < -0.39 is 22.5 Å². The highest BCUT2D eigenvalue weighted by atomic mass is 35.5. The highest BCUT2D eigenvalue weighted by Crippen LogP contribution is 2.34. The summed E-state index contributed by atoms with van der Waals surface area (Å²) >= 11 is 12.1. The van der Waals surface area contributed by atoms with Gasteiger partial charge in [-0.25, -0.2) is 8.42 Å². The number of sulfonamides is 1.